The second kappa shape index (κ2) is 5.64. The number of nitrogens with zero attached hydrogens (tertiary/aromatic N) is 2. The molecule has 0 amide bonds. The zero-order valence-electron chi connectivity index (χ0n) is 10.1. The van der Waals surface area contributed by atoms with Gasteiger partial charge in [-0.05, 0) is 12.1 Å². The van der Waals surface area contributed by atoms with Crippen molar-refractivity contribution in [2.75, 3.05) is 11.2 Å². The number of hydrogen-bond acceptors (Lipinski definition) is 5. The summed E-state index contributed by atoms with van der Waals surface area (Å²) in [6.45, 7) is 0. The summed E-state index contributed by atoms with van der Waals surface area (Å²) in [5.41, 5.74) is 5.75. The Kier molecular flexibility index (Phi) is 4.07. The van der Waals surface area contributed by atoms with E-state index in [0.29, 0.717) is 6.07 Å². The summed E-state index contributed by atoms with van der Waals surface area (Å²) in [6.07, 6.45) is -4.11. The van der Waals surface area contributed by atoms with Crippen molar-refractivity contribution in [2.45, 2.75) is 6.18 Å². The molecule has 1 aromatic carbocycles. The monoisotopic (exact) mass is 322 g/mol. The van der Waals surface area contributed by atoms with Gasteiger partial charge in [-0.25, -0.2) is 13.8 Å². The van der Waals surface area contributed by atoms with Gasteiger partial charge in [0.25, 0.3) is 0 Å². The first-order chi connectivity index (χ1) is 9.77. The maximum atomic E-state index is 13.0. The van der Waals surface area contributed by atoms with Crippen LogP contribution in [0.2, 0.25) is 0 Å². The third-order valence-electron chi connectivity index (χ3n) is 2.28. The van der Waals surface area contributed by atoms with Crippen molar-refractivity contribution >= 4 is 28.5 Å². The highest BCUT2D eigenvalue weighted by Gasteiger charge is 2.34. The first kappa shape index (κ1) is 15.2. The number of rotatable bonds is 3. The molecule has 0 aliphatic heterocycles. The van der Waals surface area contributed by atoms with Crippen molar-refractivity contribution in [3.05, 3.63) is 40.3 Å². The van der Waals surface area contributed by atoms with Gasteiger partial charge in [0, 0.05) is 10.9 Å². The maximum absolute atomic E-state index is 13.0. The SMILES string of the molecule is Nc1csc(NN=Cc2cc(F)c(F)cc2C(F)(F)F)n1. The fraction of sp³-hybridized carbons (Fsp3) is 0.0909. The average Bonchev–Trinajstić information content (AvgIpc) is 2.78. The quantitative estimate of drug-likeness (QED) is 0.517. The highest BCUT2D eigenvalue weighted by Crippen LogP contribution is 2.32. The molecule has 0 aliphatic carbocycles. The number of halogens is 5. The van der Waals surface area contributed by atoms with E-state index in [9.17, 15) is 22.0 Å². The third-order valence-corrected chi connectivity index (χ3v) is 3.05. The minimum Gasteiger partial charge on any atom is -0.383 e. The zero-order chi connectivity index (χ0) is 15.6. The predicted octanol–water partition coefficient (Wildman–Crippen LogP) is 3.47. The highest BCUT2D eigenvalue weighted by atomic mass is 32.1. The molecule has 3 N–H and O–H groups in total. The van der Waals surface area contributed by atoms with Crippen LogP contribution >= 0.6 is 11.3 Å². The molecular weight excluding hydrogens is 315 g/mol. The second-order valence-corrected chi connectivity index (χ2v) is 4.66. The lowest BCUT2D eigenvalue weighted by Gasteiger charge is -2.10. The molecule has 0 saturated carbocycles. The van der Waals surface area contributed by atoms with E-state index in [1.165, 1.54) is 5.38 Å². The summed E-state index contributed by atoms with van der Waals surface area (Å²) in [7, 11) is 0. The van der Waals surface area contributed by atoms with E-state index < -0.39 is 28.9 Å². The molecule has 1 heterocycles. The fourth-order valence-corrected chi connectivity index (χ4v) is 1.96. The van der Waals surface area contributed by atoms with Crippen molar-refractivity contribution in [1.29, 1.82) is 0 Å². The lowest BCUT2D eigenvalue weighted by Crippen LogP contribution is -2.11. The minimum atomic E-state index is -4.83. The van der Waals surface area contributed by atoms with Crippen LogP contribution in [0.3, 0.4) is 0 Å². The Balaban J connectivity index is 2.28. The molecule has 0 atom stereocenters. The first-order valence-corrected chi connectivity index (χ1v) is 6.21. The molecular formula is C11H7F5N4S. The Morgan fingerprint density at radius 1 is 1.24 bits per heavy atom. The van der Waals surface area contributed by atoms with Gasteiger partial charge in [-0.15, -0.1) is 11.3 Å². The minimum absolute atomic E-state index is 0.0814. The van der Waals surface area contributed by atoms with E-state index in [2.05, 4.69) is 15.5 Å². The van der Waals surface area contributed by atoms with Crippen LogP contribution in [0.5, 0.6) is 0 Å². The number of nitrogens with two attached hydrogens (primary N) is 1. The van der Waals surface area contributed by atoms with Gasteiger partial charge in [0.2, 0.25) is 5.13 Å². The summed E-state index contributed by atoms with van der Waals surface area (Å²) in [4.78, 5) is 3.76. The van der Waals surface area contributed by atoms with Gasteiger partial charge in [0.05, 0.1) is 11.8 Å². The van der Waals surface area contributed by atoms with Gasteiger partial charge >= 0.3 is 6.18 Å². The fourth-order valence-electron chi connectivity index (χ4n) is 1.41. The van der Waals surface area contributed by atoms with Crippen LogP contribution in [0.4, 0.5) is 32.9 Å². The first-order valence-electron chi connectivity index (χ1n) is 5.33. The largest absolute Gasteiger partial charge is 0.417 e. The van der Waals surface area contributed by atoms with Crippen molar-refractivity contribution in [1.82, 2.24) is 4.98 Å². The topological polar surface area (TPSA) is 63.3 Å². The van der Waals surface area contributed by atoms with Gasteiger partial charge in [0.15, 0.2) is 11.6 Å². The van der Waals surface area contributed by atoms with Crippen LogP contribution < -0.4 is 11.2 Å². The Hall–Kier alpha value is -2.23. The standard InChI is InChI=1S/C11H7F5N4S/c12-7-1-5(6(2-8(7)13)11(14,15)16)3-18-20-10-19-9(17)4-21-10/h1-4H,17H2,(H,19,20). The smallest absolute Gasteiger partial charge is 0.383 e. The van der Waals surface area contributed by atoms with E-state index in [1.54, 1.807) is 0 Å². The molecule has 21 heavy (non-hydrogen) atoms. The summed E-state index contributed by atoms with van der Waals surface area (Å²) in [5, 5.41) is 5.24. The molecule has 0 spiro atoms. The summed E-state index contributed by atoms with van der Waals surface area (Å²) in [5.74, 6) is -2.76. The molecule has 0 radical (unpaired) electrons. The van der Waals surface area contributed by atoms with Gasteiger partial charge in [-0.1, -0.05) is 0 Å². The zero-order valence-corrected chi connectivity index (χ0v) is 10.9. The van der Waals surface area contributed by atoms with Crippen LogP contribution in [0, 0.1) is 11.6 Å². The molecule has 112 valence electrons. The third kappa shape index (κ3) is 3.66. The van der Waals surface area contributed by atoms with Crippen LogP contribution in [0.1, 0.15) is 11.1 Å². The number of benzene rings is 1. The average molecular weight is 322 g/mol. The van der Waals surface area contributed by atoms with Gasteiger partial charge in [0.1, 0.15) is 5.82 Å². The van der Waals surface area contributed by atoms with E-state index in [1.807, 2.05) is 0 Å². The van der Waals surface area contributed by atoms with E-state index in [0.717, 1.165) is 17.6 Å². The molecule has 0 fully saturated rings. The Morgan fingerprint density at radius 2 is 1.90 bits per heavy atom. The van der Waals surface area contributed by atoms with E-state index in [-0.39, 0.29) is 17.0 Å². The van der Waals surface area contributed by atoms with Crippen LogP contribution in [-0.2, 0) is 6.18 Å². The summed E-state index contributed by atoms with van der Waals surface area (Å²) in [6, 6.07) is 0.498. The van der Waals surface area contributed by atoms with E-state index in [4.69, 9.17) is 5.73 Å². The van der Waals surface area contributed by atoms with Crippen molar-refractivity contribution in [3.63, 3.8) is 0 Å². The molecule has 1 aromatic heterocycles. The number of nitrogens with one attached hydrogen (secondary N) is 1. The molecule has 0 saturated heterocycles. The number of aromatic nitrogens is 1. The van der Waals surface area contributed by atoms with Crippen molar-refractivity contribution < 1.29 is 22.0 Å². The highest BCUT2D eigenvalue weighted by molar-refractivity contribution is 7.14. The maximum Gasteiger partial charge on any atom is 0.417 e. The lowest BCUT2D eigenvalue weighted by molar-refractivity contribution is -0.137. The Morgan fingerprint density at radius 3 is 2.48 bits per heavy atom. The number of hydrogen-bond donors (Lipinski definition) is 2. The molecule has 2 aromatic rings. The number of thiazole rings is 1. The lowest BCUT2D eigenvalue weighted by atomic mass is 10.1. The Bertz CT molecular complexity index is 680. The van der Waals surface area contributed by atoms with Crippen LogP contribution in [-0.4, -0.2) is 11.2 Å². The normalized spacial score (nSPS) is 12.0. The second-order valence-electron chi connectivity index (χ2n) is 3.80. The van der Waals surface area contributed by atoms with Crippen LogP contribution in [0.25, 0.3) is 0 Å². The van der Waals surface area contributed by atoms with E-state index >= 15 is 0 Å². The Labute approximate surface area is 119 Å². The van der Waals surface area contributed by atoms with Crippen molar-refractivity contribution in [3.8, 4) is 0 Å². The molecule has 10 heteroatoms. The number of alkyl halides is 3. The van der Waals surface area contributed by atoms with Gasteiger partial charge in [-0.2, -0.15) is 18.3 Å². The molecule has 4 nitrogen and oxygen atoms in total. The number of nitrogen functional groups attached to an aromatic ring is 1. The van der Waals surface area contributed by atoms with Crippen LogP contribution in [0.15, 0.2) is 22.6 Å². The van der Waals surface area contributed by atoms with Crippen molar-refractivity contribution in [2.24, 2.45) is 5.10 Å². The molecule has 0 aliphatic rings. The van der Waals surface area contributed by atoms with Gasteiger partial charge in [-0.3, -0.25) is 5.43 Å². The number of hydrazone groups is 1. The van der Waals surface area contributed by atoms with Gasteiger partial charge < -0.3 is 5.73 Å². The molecule has 0 bridgehead atoms. The summed E-state index contributed by atoms with van der Waals surface area (Å²) >= 11 is 1.08. The number of anilines is 2. The molecule has 2 rings (SSSR count). The molecule has 0 unspecified atom stereocenters. The summed E-state index contributed by atoms with van der Waals surface area (Å²) < 4.78 is 64.1. The predicted molar refractivity (Wildman–Crippen MR) is 69.1 cm³/mol.